The molecule has 1 aromatic carbocycles. The summed E-state index contributed by atoms with van der Waals surface area (Å²) in [7, 11) is 5.81. The van der Waals surface area contributed by atoms with E-state index in [9.17, 15) is 4.79 Å². The van der Waals surface area contributed by atoms with Gasteiger partial charge in [-0.15, -0.1) is 0 Å². The number of nitrogens with zero attached hydrogens (tertiary/aromatic N) is 1. The minimum Gasteiger partial charge on any atom is -0.497 e. The van der Waals surface area contributed by atoms with Gasteiger partial charge in [0.15, 0.2) is 0 Å². The van der Waals surface area contributed by atoms with Gasteiger partial charge in [0.2, 0.25) is 5.91 Å². The van der Waals surface area contributed by atoms with Crippen LogP contribution in [0.25, 0.3) is 0 Å². The zero-order chi connectivity index (χ0) is 19.9. The van der Waals surface area contributed by atoms with Crippen molar-refractivity contribution in [2.24, 2.45) is 17.3 Å². The molecule has 4 saturated carbocycles. The van der Waals surface area contributed by atoms with Gasteiger partial charge in [-0.25, -0.2) is 0 Å². The van der Waals surface area contributed by atoms with Crippen LogP contribution in [0.4, 0.5) is 0 Å². The summed E-state index contributed by atoms with van der Waals surface area (Å²) in [6.45, 7) is 0.639. The van der Waals surface area contributed by atoms with Crippen molar-refractivity contribution in [1.29, 1.82) is 0 Å². The topological polar surface area (TPSA) is 41.6 Å². The SMILES string of the molecule is COc1ccc(C(CNC(=O)CC23CC4CC(CC(Br)(C4)C2)C3)N(C)C)cc1. The lowest BCUT2D eigenvalue weighted by Gasteiger charge is -2.60. The molecule has 4 nitrogen and oxygen atoms in total. The molecule has 5 heteroatoms. The number of halogens is 1. The molecular formula is C23H33BrN2O2. The van der Waals surface area contributed by atoms with Gasteiger partial charge in [0.1, 0.15) is 5.75 Å². The summed E-state index contributed by atoms with van der Waals surface area (Å²) in [6.07, 6.45) is 8.38. The van der Waals surface area contributed by atoms with Gasteiger partial charge < -0.3 is 15.0 Å². The van der Waals surface area contributed by atoms with E-state index in [2.05, 4.69) is 52.4 Å². The third-order valence-corrected chi connectivity index (χ3v) is 8.19. The second kappa shape index (κ2) is 7.64. The van der Waals surface area contributed by atoms with Crippen molar-refractivity contribution in [2.75, 3.05) is 27.7 Å². The molecule has 1 aromatic rings. The van der Waals surface area contributed by atoms with Crippen LogP contribution in [0.2, 0.25) is 0 Å². The maximum atomic E-state index is 12.9. The summed E-state index contributed by atoms with van der Waals surface area (Å²) < 4.78 is 5.58. The zero-order valence-electron chi connectivity index (χ0n) is 17.3. The molecule has 1 N–H and O–H groups in total. The predicted molar refractivity (Wildman–Crippen MR) is 116 cm³/mol. The largest absolute Gasteiger partial charge is 0.497 e. The molecule has 0 radical (unpaired) electrons. The highest BCUT2D eigenvalue weighted by atomic mass is 79.9. The Kier molecular flexibility index (Phi) is 5.51. The van der Waals surface area contributed by atoms with Crippen molar-refractivity contribution >= 4 is 21.8 Å². The third kappa shape index (κ3) is 4.11. The van der Waals surface area contributed by atoms with E-state index in [1.807, 2.05) is 12.1 Å². The Morgan fingerprint density at radius 1 is 1.21 bits per heavy atom. The number of hydrogen-bond donors (Lipinski definition) is 1. The maximum Gasteiger partial charge on any atom is 0.220 e. The Morgan fingerprint density at radius 2 is 1.86 bits per heavy atom. The Balaban J connectivity index is 1.38. The number of carbonyl (C=O) groups excluding carboxylic acids is 1. The van der Waals surface area contributed by atoms with Crippen molar-refractivity contribution in [3.05, 3.63) is 29.8 Å². The van der Waals surface area contributed by atoms with E-state index in [0.29, 0.717) is 17.3 Å². The van der Waals surface area contributed by atoms with Gasteiger partial charge >= 0.3 is 0 Å². The molecule has 3 atom stereocenters. The molecule has 28 heavy (non-hydrogen) atoms. The molecule has 0 heterocycles. The number of nitrogens with one attached hydrogen (secondary N) is 1. The number of likely N-dealkylation sites (N-methyl/N-ethyl adjacent to an activating group) is 1. The molecule has 4 aliphatic carbocycles. The van der Waals surface area contributed by atoms with Gasteiger partial charge in [-0.05, 0) is 87.6 Å². The average molecular weight is 449 g/mol. The Hall–Kier alpha value is -1.07. The molecule has 154 valence electrons. The minimum atomic E-state index is 0.161. The van der Waals surface area contributed by atoms with Crippen LogP contribution >= 0.6 is 15.9 Å². The van der Waals surface area contributed by atoms with E-state index >= 15 is 0 Å². The zero-order valence-corrected chi connectivity index (χ0v) is 18.9. The standard InChI is InChI=1S/C23H33BrN2O2/c1-26(2)20(18-4-6-19(28-3)7-5-18)14-25-21(27)13-22-9-16-8-17(10-22)12-23(24,11-16)15-22/h4-7,16-17,20H,8-15H2,1-3H3,(H,25,27). The molecule has 0 saturated heterocycles. The lowest BCUT2D eigenvalue weighted by Crippen LogP contribution is -2.54. The first-order chi connectivity index (χ1) is 13.3. The number of rotatable bonds is 7. The number of carbonyl (C=O) groups is 1. The fourth-order valence-electron chi connectivity index (χ4n) is 6.58. The summed E-state index contributed by atoms with van der Waals surface area (Å²) >= 11 is 4.06. The number of amides is 1. The van der Waals surface area contributed by atoms with E-state index < -0.39 is 0 Å². The second-order valence-corrected chi connectivity index (χ2v) is 11.5. The molecule has 0 aromatic heterocycles. The lowest BCUT2D eigenvalue weighted by atomic mass is 9.48. The molecule has 4 aliphatic rings. The molecule has 3 unspecified atom stereocenters. The van der Waals surface area contributed by atoms with E-state index in [1.54, 1.807) is 7.11 Å². The molecule has 4 fully saturated rings. The van der Waals surface area contributed by atoms with Gasteiger partial charge in [-0.2, -0.15) is 0 Å². The first-order valence-corrected chi connectivity index (χ1v) is 11.4. The maximum absolute atomic E-state index is 12.9. The first-order valence-electron chi connectivity index (χ1n) is 10.6. The molecule has 0 spiro atoms. The molecule has 4 bridgehead atoms. The number of alkyl halides is 1. The summed E-state index contributed by atoms with van der Waals surface area (Å²) in [5.74, 6) is 2.72. The van der Waals surface area contributed by atoms with Crippen LogP contribution in [0, 0.1) is 17.3 Å². The van der Waals surface area contributed by atoms with Crippen LogP contribution in [0.5, 0.6) is 5.75 Å². The Labute approximate surface area is 177 Å². The molecular weight excluding hydrogens is 416 g/mol. The van der Waals surface area contributed by atoms with Crippen LogP contribution in [0.3, 0.4) is 0 Å². The van der Waals surface area contributed by atoms with Gasteiger partial charge in [-0.1, -0.05) is 28.1 Å². The van der Waals surface area contributed by atoms with E-state index in [4.69, 9.17) is 4.74 Å². The van der Waals surface area contributed by atoms with Gasteiger partial charge in [0.25, 0.3) is 0 Å². The second-order valence-electron chi connectivity index (χ2n) is 9.85. The third-order valence-electron chi connectivity index (χ3n) is 7.26. The summed E-state index contributed by atoms with van der Waals surface area (Å²) in [4.78, 5) is 15.1. The fraction of sp³-hybridized carbons (Fsp3) is 0.696. The minimum absolute atomic E-state index is 0.161. The van der Waals surface area contributed by atoms with E-state index in [1.165, 1.54) is 44.1 Å². The highest BCUT2D eigenvalue weighted by Crippen LogP contribution is 2.65. The summed E-state index contributed by atoms with van der Waals surface area (Å²) in [5.41, 5.74) is 1.42. The van der Waals surface area contributed by atoms with Crippen LogP contribution in [0.15, 0.2) is 24.3 Å². The first kappa shape index (κ1) is 20.2. The number of methoxy groups -OCH3 is 1. The Bertz CT molecular complexity index is 704. The number of benzene rings is 1. The van der Waals surface area contributed by atoms with E-state index in [-0.39, 0.29) is 17.4 Å². The Morgan fingerprint density at radius 3 is 2.39 bits per heavy atom. The summed E-state index contributed by atoms with van der Waals surface area (Å²) in [6, 6.07) is 8.30. The fourth-order valence-corrected chi connectivity index (χ4v) is 8.09. The predicted octanol–water partition coefficient (Wildman–Crippen LogP) is 4.54. The normalized spacial score (nSPS) is 34.5. The van der Waals surface area contributed by atoms with E-state index in [0.717, 1.165) is 17.6 Å². The van der Waals surface area contributed by atoms with Gasteiger partial charge in [0.05, 0.1) is 13.2 Å². The monoisotopic (exact) mass is 448 g/mol. The van der Waals surface area contributed by atoms with Crippen LogP contribution < -0.4 is 10.1 Å². The van der Waals surface area contributed by atoms with Crippen molar-refractivity contribution in [3.8, 4) is 5.75 Å². The van der Waals surface area contributed by atoms with Crippen molar-refractivity contribution in [3.63, 3.8) is 0 Å². The number of ether oxygens (including phenoxy) is 1. The lowest BCUT2D eigenvalue weighted by molar-refractivity contribution is -0.128. The van der Waals surface area contributed by atoms with Crippen molar-refractivity contribution < 1.29 is 9.53 Å². The van der Waals surface area contributed by atoms with Gasteiger partial charge in [-0.3, -0.25) is 4.79 Å². The van der Waals surface area contributed by atoms with Crippen molar-refractivity contribution in [1.82, 2.24) is 10.2 Å². The highest BCUT2D eigenvalue weighted by Gasteiger charge is 2.57. The molecule has 1 amide bonds. The highest BCUT2D eigenvalue weighted by molar-refractivity contribution is 9.10. The van der Waals surface area contributed by atoms with Crippen LogP contribution in [0.1, 0.15) is 56.6 Å². The number of hydrogen-bond acceptors (Lipinski definition) is 3. The van der Waals surface area contributed by atoms with Crippen molar-refractivity contribution in [2.45, 2.75) is 55.3 Å². The van der Waals surface area contributed by atoms with Crippen LogP contribution in [-0.4, -0.2) is 42.9 Å². The average Bonchev–Trinajstić information content (AvgIpc) is 2.59. The molecule has 0 aliphatic heterocycles. The summed E-state index contributed by atoms with van der Waals surface area (Å²) in [5, 5.41) is 3.25. The quantitative estimate of drug-likeness (QED) is 0.622. The van der Waals surface area contributed by atoms with Gasteiger partial charge in [0, 0.05) is 17.3 Å². The smallest absolute Gasteiger partial charge is 0.220 e. The van der Waals surface area contributed by atoms with Crippen LogP contribution in [-0.2, 0) is 4.79 Å². The molecule has 5 rings (SSSR count).